The first kappa shape index (κ1) is 21.0. The smallest absolute Gasteiger partial charge is 0.322 e. The molecule has 0 bridgehead atoms. The topological polar surface area (TPSA) is 116 Å². The van der Waals surface area contributed by atoms with Crippen LogP contribution < -0.4 is 10.6 Å². The summed E-state index contributed by atoms with van der Waals surface area (Å²) in [6.45, 7) is 2.09. The van der Waals surface area contributed by atoms with Gasteiger partial charge in [0, 0.05) is 19.3 Å². The van der Waals surface area contributed by atoms with E-state index in [4.69, 9.17) is 5.11 Å². The summed E-state index contributed by atoms with van der Waals surface area (Å²) in [5, 5.41) is 23.5. The largest absolute Gasteiger partial charge is 0.481 e. The minimum Gasteiger partial charge on any atom is -0.481 e. The van der Waals surface area contributed by atoms with Gasteiger partial charge in [-0.05, 0) is 25.7 Å². The molecule has 1 rings (SSSR count). The van der Waals surface area contributed by atoms with Crippen LogP contribution in [0.15, 0.2) is 0 Å². The molecule has 0 aliphatic carbocycles. The molecule has 1 heterocycles. The lowest BCUT2D eigenvalue weighted by molar-refractivity contribution is -0.137. The molecule has 0 saturated carbocycles. The number of aliphatic hydroxyl groups excluding tert-OH is 1. The van der Waals surface area contributed by atoms with Crippen molar-refractivity contribution in [1.29, 1.82) is 0 Å². The van der Waals surface area contributed by atoms with Crippen LogP contribution in [0, 0.1) is 11.8 Å². The molecule has 1 aliphatic heterocycles. The number of imide groups is 1. The maximum atomic E-state index is 12.2. The highest BCUT2D eigenvalue weighted by Gasteiger charge is 2.45. The summed E-state index contributed by atoms with van der Waals surface area (Å²) >= 11 is 0. The molecule has 25 heavy (non-hydrogen) atoms. The molecule has 4 N–H and O–H groups in total. The van der Waals surface area contributed by atoms with E-state index in [9.17, 15) is 19.5 Å². The minimum atomic E-state index is -1.11. The van der Waals surface area contributed by atoms with Gasteiger partial charge in [-0.3, -0.25) is 14.9 Å². The van der Waals surface area contributed by atoms with Crippen molar-refractivity contribution in [3.8, 4) is 11.8 Å². The molecule has 0 aromatic carbocycles. The molecule has 0 radical (unpaired) electrons. The standard InChI is InChI=1S/C18H28N2O5/c1-2-3-6-9-14(21)11-13-18(16(24)19-17(25)20-18)12-8-5-4-7-10-15(22)23/h14,21H,2-4,6-7,9-13H2,1H3,(H,22,23)(H2,19,20,24,25). The van der Waals surface area contributed by atoms with Gasteiger partial charge < -0.3 is 15.5 Å². The van der Waals surface area contributed by atoms with E-state index in [-0.39, 0.29) is 12.8 Å². The predicted molar refractivity (Wildman–Crippen MR) is 92.7 cm³/mol. The van der Waals surface area contributed by atoms with Gasteiger partial charge >= 0.3 is 12.0 Å². The number of nitrogens with one attached hydrogen (secondary N) is 2. The second kappa shape index (κ2) is 10.7. The van der Waals surface area contributed by atoms with E-state index in [1.807, 2.05) is 0 Å². The van der Waals surface area contributed by atoms with Crippen molar-refractivity contribution in [2.75, 3.05) is 0 Å². The van der Waals surface area contributed by atoms with E-state index >= 15 is 0 Å². The lowest BCUT2D eigenvalue weighted by Gasteiger charge is -2.25. The minimum absolute atomic E-state index is 0.0565. The Morgan fingerprint density at radius 2 is 1.96 bits per heavy atom. The first-order valence-electron chi connectivity index (χ1n) is 8.89. The Morgan fingerprint density at radius 3 is 2.56 bits per heavy atom. The first-order chi connectivity index (χ1) is 11.9. The molecule has 7 nitrogen and oxygen atoms in total. The molecule has 140 valence electrons. The van der Waals surface area contributed by atoms with Gasteiger partial charge in [0.25, 0.3) is 5.91 Å². The summed E-state index contributed by atoms with van der Waals surface area (Å²) in [5.74, 6) is 4.44. The van der Waals surface area contributed by atoms with Crippen molar-refractivity contribution < 1.29 is 24.6 Å². The molecule has 1 aliphatic rings. The number of carbonyl (C=O) groups excluding carboxylic acids is 2. The fraction of sp³-hybridized carbons (Fsp3) is 0.722. The molecule has 3 amide bonds. The lowest BCUT2D eigenvalue weighted by atomic mass is 9.88. The van der Waals surface area contributed by atoms with Gasteiger partial charge in [0.1, 0.15) is 5.54 Å². The number of aliphatic hydroxyl groups is 1. The Kier molecular flexibility index (Phi) is 9.00. The number of rotatable bonds is 11. The molecule has 0 aromatic rings. The maximum absolute atomic E-state index is 12.2. The third-order valence-corrected chi connectivity index (χ3v) is 4.27. The third-order valence-electron chi connectivity index (χ3n) is 4.27. The Labute approximate surface area is 148 Å². The first-order valence-corrected chi connectivity index (χ1v) is 8.89. The Morgan fingerprint density at radius 1 is 1.20 bits per heavy atom. The van der Waals surface area contributed by atoms with Crippen molar-refractivity contribution >= 4 is 17.9 Å². The molecule has 1 saturated heterocycles. The molecule has 0 spiro atoms. The predicted octanol–water partition coefficient (Wildman–Crippen LogP) is 1.93. The van der Waals surface area contributed by atoms with E-state index in [0.717, 1.165) is 19.3 Å². The van der Waals surface area contributed by atoms with E-state index in [1.165, 1.54) is 0 Å². The summed E-state index contributed by atoms with van der Waals surface area (Å²) in [6, 6.07) is -0.543. The molecule has 2 atom stereocenters. The number of carboxylic acid groups (broad SMARTS) is 1. The molecular weight excluding hydrogens is 324 g/mol. The van der Waals surface area contributed by atoms with Crippen molar-refractivity contribution in [2.24, 2.45) is 0 Å². The van der Waals surface area contributed by atoms with Crippen LogP contribution in [0.4, 0.5) is 4.79 Å². The van der Waals surface area contributed by atoms with Crippen molar-refractivity contribution in [3.63, 3.8) is 0 Å². The number of amides is 3. The zero-order chi connectivity index (χ0) is 18.7. The van der Waals surface area contributed by atoms with Gasteiger partial charge in [-0.15, -0.1) is 11.8 Å². The summed E-state index contributed by atoms with van der Waals surface area (Å²) in [5.41, 5.74) is -1.11. The van der Waals surface area contributed by atoms with Crippen molar-refractivity contribution in [2.45, 2.75) is 82.8 Å². The SMILES string of the molecule is CCCCCC(O)CCC1(CC#CCCCC(=O)O)NC(=O)NC1=O. The van der Waals surface area contributed by atoms with Crippen molar-refractivity contribution in [1.82, 2.24) is 10.6 Å². The van der Waals surface area contributed by atoms with Crippen LogP contribution in [-0.4, -0.2) is 39.8 Å². The van der Waals surface area contributed by atoms with Crippen molar-refractivity contribution in [3.05, 3.63) is 0 Å². The average molecular weight is 352 g/mol. The number of carboxylic acids is 1. The highest BCUT2D eigenvalue weighted by Crippen LogP contribution is 2.23. The van der Waals surface area contributed by atoms with Crippen LogP contribution in [0.5, 0.6) is 0 Å². The van der Waals surface area contributed by atoms with Crippen LogP contribution in [0.25, 0.3) is 0 Å². The normalized spacial score (nSPS) is 20.4. The van der Waals surface area contributed by atoms with Gasteiger partial charge in [0.05, 0.1) is 6.10 Å². The molecule has 2 unspecified atom stereocenters. The Balaban J connectivity index is 2.55. The molecule has 1 fully saturated rings. The average Bonchev–Trinajstić information content (AvgIpc) is 2.83. The monoisotopic (exact) mass is 352 g/mol. The summed E-state index contributed by atoms with van der Waals surface area (Å²) < 4.78 is 0. The fourth-order valence-electron chi connectivity index (χ4n) is 2.73. The van der Waals surface area contributed by atoms with E-state index in [2.05, 4.69) is 29.4 Å². The van der Waals surface area contributed by atoms with Gasteiger partial charge in [0.15, 0.2) is 0 Å². The second-order valence-corrected chi connectivity index (χ2v) is 6.46. The van der Waals surface area contributed by atoms with Gasteiger partial charge in [-0.2, -0.15) is 0 Å². The molecular formula is C18H28N2O5. The number of carbonyl (C=O) groups is 3. The van der Waals surface area contributed by atoms with Crippen LogP contribution in [0.1, 0.15) is 71.1 Å². The number of hydrogen-bond acceptors (Lipinski definition) is 4. The van der Waals surface area contributed by atoms with E-state index in [1.54, 1.807) is 0 Å². The van der Waals surface area contributed by atoms with Gasteiger partial charge in [-0.1, -0.05) is 26.2 Å². The van der Waals surface area contributed by atoms with Gasteiger partial charge in [-0.25, -0.2) is 4.79 Å². The molecule has 0 aromatic heterocycles. The quantitative estimate of drug-likeness (QED) is 0.258. The number of hydrogen-bond donors (Lipinski definition) is 4. The summed E-state index contributed by atoms with van der Waals surface area (Å²) in [6.07, 6.45) is 5.07. The highest BCUT2D eigenvalue weighted by atomic mass is 16.4. The fourth-order valence-corrected chi connectivity index (χ4v) is 2.73. The summed E-state index contributed by atoms with van der Waals surface area (Å²) in [4.78, 5) is 34.1. The van der Waals surface area contributed by atoms with E-state index < -0.39 is 29.6 Å². The van der Waals surface area contributed by atoms with Crippen LogP contribution >= 0.6 is 0 Å². The van der Waals surface area contributed by atoms with Gasteiger partial charge in [0.2, 0.25) is 0 Å². The summed E-state index contributed by atoms with van der Waals surface area (Å²) in [7, 11) is 0. The Hall–Kier alpha value is -2.07. The Bertz CT molecular complexity index is 537. The van der Waals surface area contributed by atoms with E-state index in [0.29, 0.717) is 32.1 Å². The maximum Gasteiger partial charge on any atom is 0.322 e. The zero-order valence-corrected chi connectivity index (χ0v) is 14.8. The number of unbranched alkanes of at least 4 members (excludes halogenated alkanes) is 3. The lowest BCUT2D eigenvalue weighted by Crippen LogP contribution is -2.47. The zero-order valence-electron chi connectivity index (χ0n) is 14.8. The second-order valence-electron chi connectivity index (χ2n) is 6.46. The van der Waals surface area contributed by atoms with Crippen LogP contribution in [0.3, 0.4) is 0 Å². The third kappa shape index (κ3) is 7.57. The number of urea groups is 1. The number of aliphatic carboxylic acids is 1. The van der Waals surface area contributed by atoms with Crippen LogP contribution in [-0.2, 0) is 9.59 Å². The van der Waals surface area contributed by atoms with Crippen LogP contribution in [0.2, 0.25) is 0 Å². The molecule has 7 heteroatoms. The highest BCUT2D eigenvalue weighted by molar-refractivity contribution is 6.07.